The zero-order valence-electron chi connectivity index (χ0n) is 10.5. The molecule has 1 amide bonds. The summed E-state index contributed by atoms with van der Waals surface area (Å²) in [4.78, 5) is 24.5. The smallest absolute Gasteiger partial charge is 0.407 e. The van der Waals surface area contributed by atoms with E-state index < -0.39 is 6.09 Å². The summed E-state index contributed by atoms with van der Waals surface area (Å²) in [6.07, 6.45) is 0.0155. The Hall–Kier alpha value is -1.82. The third-order valence-electron chi connectivity index (χ3n) is 4.07. The van der Waals surface area contributed by atoms with E-state index in [0.29, 0.717) is 25.2 Å². The molecule has 3 heterocycles. The molecule has 1 aromatic rings. The molecule has 0 spiro atoms. The van der Waals surface area contributed by atoms with Gasteiger partial charge in [0.2, 0.25) is 0 Å². The van der Waals surface area contributed by atoms with E-state index in [2.05, 4.69) is 0 Å². The molecule has 2 aliphatic heterocycles. The maximum Gasteiger partial charge on any atom is 0.407 e. The van der Waals surface area contributed by atoms with Crippen molar-refractivity contribution in [2.45, 2.75) is 25.5 Å². The highest BCUT2D eigenvalue weighted by Crippen LogP contribution is 2.35. The van der Waals surface area contributed by atoms with Crippen molar-refractivity contribution in [1.82, 2.24) is 9.47 Å². The molecule has 2 bridgehead atoms. The summed E-state index contributed by atoms with van der Waals surface area (Å²) in [7, 11) is 0. The number of hydrogen-bond acceptors (Lipinski definition) is 3. The van der Waals surface area contributed by atoms with Crippen molar-refractivity contribution in [3.05, 3.63) is 33.7 Å². The van der Waals surface area contributed by atoms with E-state index in [1.54, 1.807) is 4.57 Å². The van der Waals surface area contributed by atoms with Crippen LogP contribution in [0.5, 0.6) is 0 Å². The van der Waals surface area contributed by atoms with Crippen LogP contribution in [0.2, 0.25) is 0 Å². The summed E-state index contributed by atoms with van der Waals surface area (Å²) in [5, 5.41) is 18.3. The predicted molar refractivity (Wildman–Crippen MR) is 67.1 cm³/mol. The number of piperidine rings is 1. The van der Waals surface area contributed by atoms with E-state index in [9.17, 15) is 14.7 Å². The van der Waals surface area contributed by atoms with Crippen LogP contribution in [0.3, 0.4) is 0 Å². The molecule has 0 saturated carbocycles. The van der Waals surface area contributed by atoms with Crippen LogP contribution < -0.4 is 5.56 Å². The Morgan fingerprint density at radius 2 is 2.11 bits per heavy atom. The first kappa shape index (κ1) is 12.2. The lowest BCUT2D eigenvalue weighted by Crippen LogP contribution is -2.48. The Balaban J connectivity index is 2.03. The van der Waals surface area contributed by atoms with Gasteiger partial charge in [0.15, 0.2) is 0 Å². The molecular weight excluding hydrogens is 248 g/mol. The fourth-order valence-corrected chi connectivity index (χ4v) is 3.26. The number of likely N-dealkylation sites (tertiary alicyclic amines) is 1. The normalized spacial score (nSPS) is 25.0. The van der Waals surface area contributed by atoms with Gasteiger partial charge in [-0.3, -0.25) is 4.79 Å². The van der Waals surface area contributed by atoms with E-state index >= 15 is 0 Å². The van der Waals surface area contributed by atoms with Crippen LogP contribution in [0.4, 0.5) is 4.79 Å². The van der Waals surface area contributed by atoms with Crippen LogP contribution in [0.1, 0.15) is 23.6 Å². The summed E-state index contributed by atoms with van der Waals surface area (Å²) in [6.45, 7) is 1.33. The van der Waals surface area contributed by atoms with Crippen LogP contribution in [0, 0.1) is 5.92 Å². The van der Waals surface area contributed by atoms with Crippen molar-refractivity contribution < 1.29 is 15.0 Å². The first-order valence-corrected chi connectivity index (χ1v) is 6.41. The van der Waals surface area contributed by atoms with Gasteiger partial charge < -0.3 is 19.7 Å². The Morgan fingerprint density at radius 1 is 1.32 bits per heavy atom. The molecule has 2 aliphatic rings. The number of carbonyl (C=O) groups is 1. The molecule has 102 valence electrons. The molecule has 1 aromatic heterocycles. The van der Waals surface area contributed by atoms with Gasteiger partial charge in [-0.05, 0) is 24.0 Å². The zero-order valence-corrected chi connectivity index (χ0v) is 10.5. The second kappa shape index (κ2) is 4.38. The minimum absolute atomic E-state index is 0.0581. The van der Waals surface area contributed by atoms with Crippen LogP contribution in [-0.4, -0.2) is 38.9 Å². The Morgan fingerprint density at radius 3 is 2.79 bits per heavy atom. The summed E-state index contributed by atoms with van der Waals surface area (Å²) < 4.78 is 1.73. The number of rotatable bonds is 1. The number of aliphatic hydroxyl groups is 1. The molecule has 2 N–H and O–H groups in total. The molecule has 1 saturated heterocycles. The van der Waals surface area contributed by atoms with Gasteiger partial charge in [-0.2, -0.15) is 0 Å². The average Bonchev–Trinajstić information content (AvgIpc) is 2.39. The lowest BCUT2D eigenvalue weighted by atomic mass is 9.83. The van der Waals surface area contributed by atoms with E-state index in [0.717, 1.165) is 12.1 Å². The first-order valence-electron chi connectivity index (χ1n) is 6.41. The van der Waals surface area contributed by atoms with Crippen LogP contribution in [0.15, 0.2) is 16.9 Å². The molecule has 1 fully saturated rings. The Kier molecular flexibility index (Phi) is 2.82. The molecule has 6 nitrogen and oxygen atoms in total. The van der Waals surface area contributed by atoms with E-state index in [4.69, 9.17) is 5.11 Å². The third kappa shape index (κ3) is 2.02. The largest absolute Gasteiger partial charge is 0.465 e. The highest BCUT2D eigenvalue weighted by Gasteiger charge is 2.36. The summed E-state index contributed by atoms with van der Waals surface area (Å²) >= 11 is 0. The highest BCUT2D eigenvalue weighted by molar-refractivity contribution is 5.65. The summed E-state index contributed by atoms with van der Waals surface area (Å²) in [5.74, 6) is 0.267. The first-order chi connectivity index (χ1) is 9.08. The molecular formula is C13H16N2O4. The predicted octanol–water partition coefficient (Wildman–Crippen LogP) is 0.438. The number of pyridine rings is 1. The highest BCUT2D eigenvalue weighted by atomic mass is 16.4. The minimum Gasteiger partial charge on any atom is -0.465 e. The SMILES string of the molecule is O=C(O)N1C[C@@H]2C[C@H](C1)c1cc(CO)cc(=O)n1C2. The van der Waals surface area contributed by atoms with Crippen molar-refractivity contribution in [3.8, 4) is 0 Å². The van der Waals surface area contributed by atoms with Crippen molar-refractivity contribution >= 4 is 6.09 Å². The van der Waals surface area contributed by atoms with E-state index in [1.165, 1.54) is 11.0 Å². The molecule has 19 heavy (non-hydrogen) atoms. The monoisotopic (exact) mass is 264 g/mol. The maximum absolute atomic E-state index is 12.0. The molecule has 0 aliphatic carbocycles. The van der Waals surface area contributed by atoms with Gasteiger partial charge >= 0.3 is 6.09 Å². The van der Waals surface area contributed by atoms with E-state index in [-0.39, 0.29) is 24.0 Å². The second-order valence-corrected chi connectivity index (χ2v) is 5.38. The van der Waals surface area contributed by atoms with Crippen LogP contribution in [0.25, 0.3) is 0 Å². The molecule has 3 rings (SSSR count). The Labute approximate surface area is 109 Å². The lowest BCUT2D eigenvalue weighted by Gasteiger charge is -2.41. The number of nitrogens with zero attached hydrogens (tertiary/aromatic N) is 2. The second-order valence-electron chi connectivity index (χ2n) is 5.38. The standard InChI is InChI=1S/C13H16N2O4/c16-7-8-2-11-10-1-9(4-14(6-10)13(18)19)5-15(11)12(17)3-8/h2-3,9-10,16H,1,4-7H2,(H,18,19)/t9-,10+/m0/s1. The van der Waals surface area contributed by atoms with Crippen LogP contribution in [-0.2, 0) is 13.2 Å². The van der Waals surface area contributed by atoms with Crippen molar-refractivity contribution in [2.24, 2.45) is 5.92 Å². The molecule has 0 aromatic carbocycles. The number of amides is 1. The molecule has 0 radical (unpaired) electrons. The summed E-state index contributed by atoms with van der Waals surface area (Å²) in [5.41, 5.74) is 1.36. The molecule has 6 heteroatoms. The zero-order chi connectivity index (χ0) is 13.6. The van der Waals surface area contributed by atoms with Gasteiger partial charge in [-0.15, -0.1) is 0 Å². The fourth-order valence-electron chi connectivity index (χ4n) is 3.26. The fraction of sp³-hybridized carbons (Fsp3) is 0.538. The molecule has 2 atom stereocenters. The number of aliphatic hydroxyl groups excluding tert-OH is 1. The molecule has 0 unspecified atom stereocenters. The number of aromatic nitrogens is 1. The number of hydrogen-bond donors (Lipinski definition) is 2. The summed E-state index contributed by atoms with van der Waals surface area (Å²) in [6, 6.07) is 3.28. The number of fused-ring (bicyclic) bond motifs is 4. The van der Waals surface area contributed by atoms with Crippen molar-refractivity contribution in [1.29, 1.82) is 0 Å². The van der Waals surface area contributed by atoms with Crippen molar-refractivity contribution in [2.75, 3.05) is 13.1 Å². The quantitative estimate of drug-likeness (QED) is 0.771. The van der Waals surface area contributed by atoms with Gasteiger partial charge in [-0.25, -0.2) is 4.79 Å². The van der Waals surface area contributed by atoms with Gasteiger partial charge in [0, 0.05) is 37.3 Å². The maximum atomic E-state index is 12.0. The van der Waals surface area contributed by atoms with Gasteiger partial charge in [0.1, 0.15) is 0 Å². The van der Waals surface area contributed by atoms with Gasteiger partial charge in [-0.1, -0.05) is 0 Å². The lowest BCUT2D eigenvalue weighted by molar-refractivity contribution is 0.0967. The van der Waals surface area contributed by atoms with Crippen LogP contribution >= 0.6 is 0 Å². The van der Waals surface area contributed by atoms with Gasteiger partial charge in [0.05, 0.1) is 6.61 Å². The number of carboxylic acid groups (broad SMARTS) is 1. The van der Waals surface area contributed by atoms with E-state index in [1.807, 2.05) is 6.07 Å². The minimum atomic E-state index is -0.899. The third-order valence-corrected chi connectivity index (χ3v) is 4.07. The Bertz CT molecular complexity index is 580. The van der Waals surface area contributed by atoms with Crippen molar-refractivity contribution in [3.63, 3.8) is 0 Å². The average molecular weight is 264 g/mol. The van der Waals surface area contributed by atoms with Gasteiger partial charge in [0.25, 0.3) is 5.56 Å². The topological polar surface area (TPSA) is 82.8 Å².